The molecule has 1 aliphatic rings. The Morgan fingerprint density at radius 3 is 2.79 bits per heavy atom. The van der Waals surface area contributed by atoms with Gasteiger partial charge in [-0.1, -0.05) is 59.8 Å². The van der Waals surface area contributed by atoms with Gasteiger partial charge in [0.2, 0.25) is 0 Å². The Kier molecular flexibility index (Phi) is 3.83. The molecule has 0 saturated carbocycles. The van der Waals surface area contributed by atoms with E-state index in [1.54, 1.807) is 10.9 Å². The summed E-state index contributed by atoms with van der Waals surface area (Å²) in [6.45, 7) is 0.605. The zero-order valence-corrected chi connectivity index (χ0v) is 13.2. The molecule has 2 aromatic carbocycles. The van der Waals surface area contributed by atoms with E-state index in [0.717, 1.165) is 18.4 Å². The second-order valence-electron chi connectivity index (χ2n) is 6.05. The molecule has 0 spiro atoms. The standard InChI is InChI=1S/C19H18N4O/c24-19(20-17-11-10-15-8-4-5-9-16(15)17)18-13-23(22-21-18)12-14-6-2-1-3-7-14/h1-9,13,17H,10-12H2,(H,20,24). The molecule has 0 fully saturated rings. The number of nitrogens with zero attached hydrogens (tertiary/aromatic N) is 3. The van der Waals surface area contributed by atoms with Crippen LogP contribution in [0.15, 0.2) is 60.8 Å². The third kappa shape index (κ3) is 2.93. The number of aryl methyl sites for hydroxylation is 1. The van der Waals surface area contributed by atoms with Crippen molar-refractivity contribution >= 4 is 5.91 Å². The van der Waals surface area contributed by atoms with Crippen LogP contribution in [-0.4, -0.2) is 20.9 Å². The van der Waals surface area contributed by atoms with E-state index in [1.807, 2.05) is 42.5 Å². The zero-order chi connectivity index (χ0) is 16.4. The third-order valence-electron chi connectivity index (χ3n) is 4.40. The van der Waals surface area contributed by atoms with Crippen LogP contribution in [0.3, 0.4) is 0 Å². The van der Waals surface area contributed by atoms with E-state index in [4.69, 9.17) is 0 Å². The first kappa shape index (κ1) is 14.6. The Bertz CT molecular complexity index is 857. The summed E-state index contributed by atoms with van der Waals surface area (Å²) in [4.78, 5) is 12.4. The minimum atomic E-state index is -0.170. The van der Waals surface area contributed by atoms with Gasteiger partial charge in [-0.3, -0.25) is 4.79 Å². The first-order valence-electron chi connectivity index (χ1n) is 8.12. The van der Waals surface area contributed by atoms with Gasteiger partial charge in [0, 0.05) is 0 Å². The van der Waals surface area contributed by atoms with Crippen LogP contribution in [0.2, 0.25) is 0 Å². The average molecular weight is 318 g/mol. The van der Waals surface area contributed by atoms with E-state index in [-0.39, 0.29) is 11.9 Å². The van der Waals surface area contributed by atoms with Gasteiger partial charge in [0.1, 0.15) is 0 Å². The van der Waals surface area contributed by atoms with Crippen molar-refractivity contribution in [1.82, 2.24) is 20.3 Å². The van der Waals surface area contributed by atoms with Gasteiger partial charge >= 0.3 is 0 Å². The smallest absolute Gasteiger partial charge is 0.273 e. The lowest BCUT2D eigenvalue weighted by Crippen LogP contribution is -2.27. The van der Waals surface area contributed by atoms with Gasteiger partial charge in [-0.2, -0.15) is 0 Å². The predicted molar refractivity (Wildman–Crippen MR) is 90.5 cm³/mol. The van der Waals surface area contributed by atoms with Crippen LogP contribution in [0.1, 0.15) is 39.6 Å². The molecule has 5 nitrogen and oxygen atoms in total. The Hall–Kier alpha value is -2.95. The molecule has 1 aliphatic carbocycles. The molecule has 5 heteroatoms. The largest absolute Gasteiger partial charge is 0.344 e. The summed E-state index contributed by atoms with van der Waals surface area (Å²) in [6.07, 6.45) is 3.63. The fourth-order valence-corrected chi connectivity index (χ4v) is 3.19. The fourth-order valence-electron chi connectivity index (χ4n) is 3.19. The van der Waals surface area contributed by atoms with Crippen molar-refractivity contribution in [2.75, 3.05) is 0 Å². The van der Waals surface area contributed by atoms with Crippen molar-refractivity contribution in [1.29, 1.82) is 0 Å². The van der Waals surface area contributed by atoms with E-state index in [1.165, 1.54) is 11.1 Å². The number of carbonyl (C=O) groups excluding carboxylic acids is 1. The number of rotatable bonds is 4. The lowest BCUT2D eigenvalue weighted by atomic mass is 10.1. The molecule has 4 rings (SSSR count). The SMILES string of the molecule is O=C(NC1CCc2ccccc21)c1cn(Cc2ccccc2)nn1. The number of carbonyl (C=O) groups is 1. The molecule has 1 unspecified atom stereocenters. The van der Waals surface area contributed by atoms with Gasteiger partial charge in [-0.05, 0) is 29.5 Å². The van der Waals surface area contributed by atoms with Crippen LogP contribution >= 0.6 is 0 Å². The molecule has 0 radical (unpaired) electrons. The van der Waals surface area contributed by atoms with Crippen molar-refractivity contribution in [3.8, 4) is 0 Å². The summed E-state index contributed by atoms with van der Waals surface area (Å²) in [7, 11) is 0. The van der Waals surface area contributed by atoms with Crippen LogP contribution in [0.4, 0.5) is 0 Å². The Balaban J connectivity index is 1.44. The summed E-state index contributed by atoms with van der Waals surface area (Å²) in [5.41, 5.74) is 4.01. The number of hydrogen-bond donors (Lipinski definition) is 1. The van der Waals surface area contributed by atoms with E-state index in [2.05, 4.69) is 27.8 Å². The monoisotopic (exact) mass is 318 g/mol. The lowest BCUT2D eigenvalue weighted by Gasteiger charge is -2.12. The van der Waals surface area contributed by atoms with Crippen molar-refractivity contribution in [3.05, 3.63) is 83.2 Å². The first-order valence-corrected chi connectivity index (χ1v) is 8.12. The van der Waals surface area contributed by atoms with Gasteiger partial charge in [0.15, 0.2) is 5.69 Å². The van der Waals surface area contributed by atoms with Crippen molar-refractivity contribution in [2.45, 2.75) is 25.4 Å². The average Bonchev–Trinajstić information content (AvgIpc) is 3.24. The number of hydrogen-bond acceptors (Lipinski definition) is 3. The molecular weight excluding hydrogens is 300 g/mol. The van der Waals surface area contributed by atoms with Crippen molar-refractivity contribution in [3.63, 3.8) is 0 Å². The number of benzene rings is 2. The van der Waals surface area contributed by atoms with Crippen molar-refractivity contribution < 1.29 is 4.79 Å². The highest BCUT2D eigenvalue weighted by atomic mass is 16.2. The number of amides is 1. The molecule has 1 N–H and O–H groups in total. The Labute approximate surface area is 140 Å². The maximum absolute atomic E-state index is 12.4. The molecule has 1 amide bonds. The minimum Gasteiger partial charge on any atom is -0.344 e. The Morgan fingerprint density at radius 2 is 1.92 bits per heavy atom. The molecule has 0 saturated heterocycles. The topological polar surface area (TPSA) is 59.8 Å². The fraction of sp³-hybridized carbons (Fsp3) is 0.211. The molecule has 0 aliphatic heterocycles. The maximum atomic E-state index is 12.4. The second kappa shape index (κ2) is 6.28. The van der Waals surface area contributed by atoms with E-state index < -0.39 is 0 Å². The molecule has 120 valence electrons. The highest BCUT2D eigenvalue weighted by molar-refractivity contribution is 5.92. The quantitative estimate of drug-likeness (QED) is 0.804. The molecule has 1 atom stereocenters. The molecular formula is C19H18N4O. The normalized spacial score (nSPS) is 15.9. The van der Waals surface area contributed by atoms with E-state index in [0.29, 0.717) is 12.2 Å². The third-order valence-corrected chi connectivity index (χ3v) is 4.40. The van der Waals surface area contributed by atoms with E-state index in [9.17, 15) is 4.79 Å². The highest BCUT2D eigenvalue weighted by Crippen LogP contribution is 2.30. The summed E-state index contributed by atoms with van der Waals surface area (Å²) in [6, 6.07) is 18.3. The van der Waals surface area contributed by atoms with Crippen LogP contribution in [0, 0.1) is 0 Å². The molecule has 0 bridgehead atoms. The summed E-state index contributed by atoms with van der Waals surface area (Å²) in [5.74, 6) is -0.170. The lowest BCUT2D eigenvalue weighted by molar-refractivity contribution is 0.0931. The van der Waals surface area contributed by atoms with Crippen LogP contribution in [0.5, 0.6) is 0 Å². The van der Waals surface area contributed by atoms with Crippen LogP contribution in [0.25, 0.3) is 0 Å². The maximum Gasteiger partial charge on any atom is 0.273 e. The number of fused-ring (bicyclic) bond motifs is 1. The van der Waals surface area contributed by atoms with Gasteiger partial charge in [0.05, 0.1) is 18.8 Å². The van der Waals surface area contributed by atoms with Gasteiger partial charge in [-0.15, -0.1) is 5.10 Å². The van der Waals surface area contributed by atoms with Gasteiger partial charge < -0.3 is 5.32 Å². The molecule has 24 heavy (non-hydrogen) atoms. The van der Waals surface area contributed by atoms with Crippen LogP contribution in [-0.2, 0) is 13.0 Å². The summed E-state index contributed by atoms with van der Waals surface area (Å²) < 4.78 is 1.69. The second-order valence-corrected chi connectivity index (χ2v) is 6.05. The first-order chi connectivity index (χ1) is 11.8. The molecule has 1 heterocycles. The Morgan fingerprint density at radius 1 is 1.12 bits per heavy atom. The molecule has 1 aromatic heterocycles. The predicted octanol–water partition coefficient (Wildman–Crippen LogP) is 2.74. The summed E-state index contributed by atoms with van der Waals surface area (Å²) >= 11 is 0. The highest BCUT2D eigenvalue weighted by Gasteiger charge is 2.24. The van der Waals surface area contributed by atoms with Gasteiger partial charge in [0.25, 0.3) is 5.91 Å². The molecule has 3 aromatic rings. The van der Waals surface area contributed by atoms with E-state index >= 15 is 0 Å². The van der Waals surface area contributed by atoms with Crippen molar-refractivity contribution in [2.24, 2.45) is 0 Å². The minimum absolute atomic E-state index is 0.0629. The van der Waals surface area contributed by atoms with Crippen LogP contribution < -0.4 is 5.32 Å². The van der Waals surface area contributed by atoms with Gasteiger partial charge in [-0.25, -0.2) is 4.68 Å². The summed E-state index contributed by atoms with van der Waals surface area (Å²) in [5, 5.41) is 11.1. The number of aromatic nitrogens is 3. The zero-order valence-electron chi connectivity index (χ0n) is 13.2. The number of nitrogens with one attached hydrogen (secondary N) is 1.